The van der Waals surface area contributed by atoms with E-state index < -0.39 is 0 Å². The number of nitrogens with zero attached hydrogens (tertiary/aromatic N) is 1. The summed E-state index contributed by atoms with van der Waals surface area (Å²) in [6.07, 6.45) is 2.64. The lowest BCUT2D eigenvalue weighted by molar-refractivity contribution is 0.688. The predicted octanol–water partition coefficient (Wildman–Crippen LogP) is 3.15. The minimum Gasteiger partial charge on any atom is -0.370 e. The van der Waals surface area contributed by atoms with Gasteiger partial charge in [-0.3, -0.25) is 0 Å². The molecule has 1 N–H and O–H groups in total. The maximum atomic E-state index is 6.38. The molecule has 4 heteroatoms. The van der Waals surface area contributed by atoms with Crippen molar-refractivity contribution in [3.63, 3.8) is 0 Å². The van der Waals surface area contributed by atoms with Gasteiger partial charge in [-0.05, 0) is 30.5 Å². The van der Waals surface area contributed by atoms with Crippen LogP contribution in [0.1, 0.15) is 18.4 Å². The molecule has 0 radical (unpaired) electrons. The molecular weight excluding hydrogens is 264 g/mol. The second kappa shape index (κ2) is 5.72. The number of anilines is 1. The van der Waals surface area contributed by atoms with Crippen LogP contribution in [0.4, 0.5) is 5.69 Å². The highest BCUT2D eigenvalue weighted by atomic mass is 35.5. The first-order chi connectivity index (χ1) is 8.83. The Kier molecular flexibility index (Phi) is 4.02. The quantitative estimate of drug-likeness (QED) is 0.913. The number of halogens is 1. The van der Waals surface area contributed by atoms with Crippen molar-refractivity contribution >= 4 is 29.1 Å². The van der Waals surface area contributed by atoms with E-state index in [4.69, 9.17) is 11.6 Å². The Labute approximate surface area is 118 Å². The third-order valence-corrected chi connectivity index (χ3v) is 4.87. The van der Waals surface area contributed by atoms with Gasteiger partial charge in [0, 0.05) is 47.9 Å². The highest BCUT2D eigenvalue weighted by Gasteiger charge is 2.20. The average Bonchev–Trinajstić information content (AvgIpc) is 3.22. The fraction of sp³-hybridized carbons (Fsp3) is 0.571. The Morgan fingerprint density at radius 2 is 2.06 bits per heavy atom. The molecule has 1 heterocycles. The second-order valence-electron chi connectivity index (χ2n) is 5.03. The molecule has 18 heavy (non-hydrogen) atoms. The Balaban J connectivity index is 1.66. The molecule has 0 spiro atoms. The zero-order chi connectivity index (χ0) is 12.4. The van der Waals surface area contributed by atoms with E-state index in [2.05, 4.69) is 28.4 Å². The molecule has 0 unspecified atom stereocenters. The van der Waals surface area contributed by atoms with Gasteiger partial charge in [0.2, 0.25) is 0 Å². The minimum absolute atomic E-state index is 0.736. The Hall–Kier alpha value is -0.380. The summed E-state index contributed by atoms with van der Waals surface area (Å²) in [6, 6.07) is 7.25. The smallest absolute Gasteiger partial charge is 0.0471 e. The van der Waals surface area contributed by atoms with Gasteiger partial charge in [-0.1, -0.05) is 17.7 Å². The topological polar surface area (TPSA) is 15.3 Å². The monoisotopic (exact) mass is 282 g/mol. The minimum atomic E-state index is 0.736. The average molecular weight is 283 g/mol. The van der Waals surface area contributed by atoms with E-state index in [1.165, 1.54) is 35.6 Å². The third kappa shape index (κ3) is 3.14. The first-order valence-electron chi connectivity index (χ1n) is 6.67. The van der Waals surface area contributed by atoms with Gasteiger partial charge in [0.05, 0.1) is 0 Å². The summed E-state index contributed by atoms with van der Waals surface area (Å²) in [5.41, 5.74) is 2.49. The van der Waals surface area contributed by atoms with Gasteiger partial charge in [-0.2, -0.15) is 11.8 Å². The van der Waals surface area contributed by atoms with Crippen LogP contribution >= 0.6 is 23.4 Å². The molecule has 2 aliphatic rings. The SMILES string of the molecule is Clc1cc(N2CCSCC2)ccc1CNC1CC1. The van der Waals surface area contributed by atoms with Crippen molar-refractivity contribution in [1.29, 1.82) is 0 Å². The second-order valence-corrected chi connectivity index (χ2v) is 6.66. The van der Waals surface area contributed by atoms with Gasteiger partial charge in [-0.15, -0.1) is 0 Å². The van der Waals surface area contributed by atoms with Gasteiger partial charge in [0.25, 0.3) is 0 Å². The largest absolute Gasteiger partial charge is 0.370 e. The van der Waals surface area contributed by atoms with Crippen LogP contribution in [0.15, 0.2) is 18.2 Å². The maximum absolute atomic E-state index is 6.38. The maximum Gasteiger partial charge on any atom is 0.0471 e. The van der Waals surface area contributed by atoms with Crippen molar-refractivity contribution < 1.29 is 0 Å². The molecule has 1 saturated heterocycles. The van der Waals surface area contributed by atoms with Crippen molar-refractivity contribution in [3.8, 4) is 0 Å². The van der Waals surface area contributed by atoms with Crippen molar-refractivity contribution in [1.82, 2.24) is 5.32 Å². The molecule has 98 valence electrons. The normalized spacial score (nSPS) is 20.2. The molecule has 1 aliphatic heterocycles. The number of nitrogens with one attached hydrogen (secondary N) is 1. The molecule has 2 fully saturated rings. The Bertz CT molecular complexity index is 414. The highest BCUT2D eigenvalue weighted by molar-refractivity contribution is 7.99. The first kappa shape index (κ1) is 12.6. The molecule has 2 nitrogen and oxygen atoms in total. The molecule has 0 aromatic heterocycles. The van der Waals surface area contributed by atoms with Gasteiger partial charge < -0.3 is 10.2 Å². The molecule has 0 bridgehead atoms. The summed E-state index contributed by atoms with van der Waals surface area (Å²) in [4.78, 5) is 2.43. The number of thioether (sulfide) groups is 1. The van der Waals surface area contributed by atoms with E-state index in [-0.39, 0.29) is 0 Å². The lowest BCUT2D eigenvalue weighted by Crippen LogP contribution is -2.32. The Morgan fingerprint density at radius 1 is 1.28 bits per heavy atom. The van der Waals surface area contributed by atoms with E-state index in [0.29, 0.717) is 0 Å². The van der Waals surface area contributed by atoms with Crippen LogP contribution in [0.5, 0.6) is 0 Å². The highest BCUT2D eigenvalue weighted by Crippen LogP contribution is 2.27. The van der Waals surface area contributed by atoms with Crippen LogP contribution in [0.2, 0.25) is 5.02 Å². The summed E-state index contributed by atoms with van der Waals surface area (Å²) in [5, 5.41) is 4.41. The molecule has 3 rings (SSSR count). The van der Waals surface area contributed by atoms with Gasteiger partial charge in [0.15, 0.2) is 0 Å². The summed E-state index contributed by atoms with van der Waals surface area (Å²) >= 11 is 8.41. The molecule has 1 saturated carbocycles. The van der Waals surface area contributed by atoms with Crippen molar-refractivity contribution in [2.75, 3.05) is 29.5 Å². The van der Waals surface area contributed by atoms with Crippen LogP contribution in [0.25, 0.3) is 0 Å². The van der Waals surface area contributed by atoms with E-state index in [1.54, 1.807) is 0 Å². The molecule has 0 atom stereocenters. The van der Waals surface area contributed by atoms with Crippen LogP contribution in [-0.2, 0) is 6.54 Å². The van der Waals surface area contributed by atoms with Crippen molar-refractivity contribution in [2.45, 2.75) is 25.4 Å². The van der Waals surface area contributed by atoms with E-state index in [1.807, 2.05) is 11.8 Å². The van der Waals surface area contributed by atoms with Gasteiger partial charge >= 0.3 is 0 Å². The predicted molar refractivity (Wildman–Crippen MR) is 80.9 cm³/mol. The third-order valence-electron chi connectivity index (χ3n) is 3.57. The van der Waals surface area contributed by atoms with Gasteiger partial charge in [0.1, 0.15) is 0 Å². The van der Waals surface area contributed by atoms with Gasteiger partial charge in [-0.25, -0.2) is 0 Å². The summed E-state index contributed by atoms with van der Waals surface area (Å²) in [7, 11) is 0. The lowest BCUT2D eigenvalue weighted by atomic mass is 10.2. The molecule has 1 aromatic rings. The number of benzene rings is 1. The molecule has 1 aliphatic carbocycles. The van der Waals surface area contributed by atoms with Crippen LogP contribution in [-0.4, -0.2) is 30.6 Å². The number of hydrogen-bond donors (Lipinski definition) is 1. The van der Waals surface area contributed by atoms with Crippen LogP contribution in [0, 0.1) is 0 Å². The fourth-order valence-corrected chi connectivity index (χ4v) is 3.38. The van der Waals surface area contributed by atoms with E-state index >= 15 is 0 Å². The van der Waals surface area contributed by atoms with Crippen LogP contribution in [0.3, 0.4) is 0 Å². The van der Waals surface area contributed by atoms with Crippen molar-refractivity contribution in [2.24, 2.45) is 0 Å². The number of hydrogen-bond acceptors (Lipinski definition) is 3. The van der Waals surface area contributed by atoms with Crippen molar-refractivity contribution in [3.05, 3.63) is 28.8 Å². The zero-order valence-corrected chi connectivity index (χ0v) is 12.1. The molecule has 0 amide bonds. The van der Waals surface area contributed by atoms with Crippen LogP contribution < -0.4 is 10.2 Å². The fourth-order valence-electron chi connectivity index (χ4n) is 2.24. The van der Waals surface area contributed by atoms with E-state index in [9.17, 15) is 0 Å². The zero-order valence-electron chi connectivity index (χ0n) is 10.5. The molecular formula is C14H19ClN2S. The first-order valence-corrected chi connectivity index (χ1v) is 8.21. The summed E-state index contributed by atoms with van der Waals surface area (Å²) in [5.74, 6) is 2.45. The number of rotatable bonds is 4. The summed E-state index contributed by atoms with van der Waals surface area (Å²) in [6.45, 7) is 3.18. The lowest BCUT2D eigenvalue weighted by Gasteiger charge is -2.28. The molecule has 1 aromatic carbocycles. The van der Waals surface area contributed by atoms with E-state index in [0.717, 1.165) is 30.7 Å². The Morgan fingerprint density at radius 3 is 2.72 bits per heavy atom. The standard InChI is InChI=1S/C14H19ClN2S/c15-14-9-13(17-5-7-18-8-6-17)4-1-11(14)10-16-12-2-3-12/h1,4,9,12,16H,2-3,5-8,10H2. The summed E-state index contributed by atoms with van der Waals surface area (Å²) < 4.78 is 0.